The summed E-state index contributed by atoms with van der Waals surface area (Å²) in [7, 11) is 30.8. The summed E-state index contributed by atoms with van der Waals surface area (Å²) >= 11 is 0. The molecule has 0 unspecified atom stereocenters. The van der Waals surface area contributed by atoms with Crippen molar-refractivity contribution in [2.24, 2.45) is 0 Å². The lowest BCUT2D eigenvalue weighted by molar-refractivity contribution is 1.18. The van der Waals surface area contributed by atoms with Crippen LogP contribution in [-0.4, -0.2) is 48.8 Å². The summed E-state index contributed by atoms with van der Waals surface area (Å²) in [5, 5.41) is 5.74. The zero-order valence-electron chi connectivity index (χ0n) is 21.0. The molecule has 168 valence electrons. The van der Waals surface area contributed by atoms with E-state index in [1.54, 1.807) is 6.08 Å². The first kappa shape index (κ1) is 24.4. The van der Waals surface area contributed by atoms with Gasteiger partial charge < -0.3 is 9.55 Å². The van der Waals surface area contributed by atoms with Gasteiger partial charge in [0.1, 0.15) is 39.2 Å². The first-order chi connectivity index (χ1) is 18.3. The molecule has 2 nitrogen and oxygen atoms in total. The maximum absolute atomic E-state index is 6.31. The van der Waals surface area contributed by atoms with Gasteiger partial charge in [-0.1, -0.05) is 60.0 Å². The number of fused-ring (bicyclic) bond motifs is 4. The van der Waals surface area contributed by atoms with Gasteiger partial charge in [0.05, 0.1) is 11.0 Å². The predicted molar refractivity (Wildman–Crippen MR) is 169 cm³/mol. The molecule has 2 heterocycles. The Hall–Kier alpha value is -3.98. The van der Waals surface area contributed by atoms with Crippen molar-refractivity contribution in [3.63, 3.8) is 0 Å². The zero-order chi connectivity index (χ0) is 26.7. The summed E-state index contributed by atoms with van der Waals surface area (Å²) in [6.07, 6.45) is 5.93. The maximum Gasteiger partial charge on any atom is 0.113 e. The quantitative estimate of drug-likeness (QED) is 0.365. The summed E-state index contributed by atoms with van der Waals surface area (Å²) in [6.45, 7) is 5.92. The van der Waals surface area contributed by atoms with Crippen LogP contribution in [0.2, 0.25) is 0 Å². The Morgan fingerprint density at radius 1 is 0.737 bits per heavy atom. The van der Waals surface area contributed by atoms with E-state index >= 15 is 0 Å². The molecule has 0 aliphatic carbocycles. The molecule has 7 heteroatoms. The third-order valence-electron chi connectivity index (χ3n) is 7.35. The minimum atomic E-state index is 0.207. The highest BCUT2D eigenvalue weighted by Crippen LogP contribution is 2.34. The molecular formula is C31H19B5N2. The number of aromatic amines is 1. The van der Waals surface area contributed by atoms with Gasteiger partial charge in [-0.15, -0.1) is 16.4 Å². The van der Waals surface area contributed by atoms with Gasteiger partial charge in [0.15, 0.2) is 0 Å². The van der Waals surface area contributed by atoms with Crippen LogP contribution in [0.1, 0.15) is 6.92 Å². The number of H-pyrrole nitrogens is 1. The van der Waals surface area contributed by atoms with E-state index in [0.29, 0.717) is 16.5 Å². The van der Waals surface area contributed by atoms with Crippen molar-refractivity contribution in [1.29, 1.82) is 0 Å². The zero-order valence-corrected chi connectivity index (χ0v) is 21.0. The maximum atomic E-state index is 6.31. The first-order valence-electron chi connectivity index (χ1n) is 12.3. The van der Waals surface area contributed by atoms with E-state index in [2.05, 4.69) is 65.5 Å². The molecule has 4 aromatic carbocycles. The second-order valence-electron chi connectivity index (χ2n) is 9.40. The second-order valence-corrected chi connectivity index (χ2v) is 9.40. The number of hydrogen-bond acceptors (Lipinski definition) is 0. The molecule has 0 bridgehead atoms. The standard InChI is InChI=1S/C31H19B5N2/c1-3-7-22-18(4-2)20-14-21-19-8-5-6-9-24(19)38(25(21)15-23(20)37-22)17-12-10-16(11-13-17)26-27(32)29(34)31(36)30(35)28(26)33/h3-15,37H,1H2,2H3/b18-4-,22-7+. The predicted octanol–water partition coefficient (Wildman–Crippen LogP) is 0.668. The van der Waals surface area contributed by atoms with Crippen LogP contribution in [0.3, 0.4) is 0 Å². The molecule has 0 aliphatic rings. The molecule has 0 saturated heterocycles. The van der Waals surface area contributed by atoms with Crippen LogP contribution in [0.5, 0.6) is 0 Å². The average molecular weight is 474 g/mol. The molecule has 6 aromatic rings. The Bertz CT molecular complexity index is 2020. The van der Waals surface area contributed by atoms with Crippen molar-refractivity contribution in [2.45, 2.75) is 6.92 Å². The summed E-state index contributed by atoms with van der Waals surface area (Å²) in [5.74, 6) is 0. The summed E-state index contributed by atoms with van der Waals surface area (Å²) < 4.78 is 2.26. The van der Waals surface area contributed by atoms with Crippen molar-refractivity contribution in [3.8, 4) is 16.8 Å². The topological polar surface area (TPSA) is 20.7 Å². The Morgan fingerprint density at radius 2 is 1.39 bits per heavy atom. The van der Waals surface area contributed by atoms with E-state index in [4.69, 9.17) is 39.2 Å². The first-order valence-corrected chi connectivity index (χ1v) is 12.3. The van der Waals surface area contributed by atoms with E-state index in [9.17, 15) is 0 Å². The van der Waals surface area contributed by atoms with E-state index < -0.39 is 0 Å². The minimum absolute atomic E-state index is 0.207. The van der Waals surface area contributed by atoms with Crippen molar-refractivity contribution in [1.82, 2.24) is 9.55 Å². The molecule has 0 saturated carbocycles. The van der Waals surface area contributed by atoms with Gasteiger partial charge in [-0.25, -0.2) is 0 Å². The number of rotatable bonds is 3. The molecule has 0 amide bonds. The fraction of sp³-hybridized carbons (Fsp3) is 0.0323. The van der Waals surface area contributed by atoms with Crippen molar-refractivity contribution in [3.05, 3.63) is 83.9 Å². The fourth-order valence-corrected chi connectivity index (χ4v) is 5.48. The molecule has 0 atom stereocenters. The number of hydrogen-bond donors (Lipinski definition) is 1. The molecule has 0 aliphatic heterocycles. The number of para-hydroxylation sites is 1. The van der Waals surface area contributed by atoms with Gasteiger partial charge in [-0.3, -0.25) is 0 Å². The minimum Gasteiger partial charge on any atom is -0.354 e. The summed E-state index contributed by atoms with van der Waals surface area (Å²) in [6, 6.07) is 20.9. The van der Waals surface area contributed by atoms with E-state index in [1.807, 2.05) is 30.3 Å². The molecule has 2 aromatic heterocycles. The summed E-state index contributed by atoms with van der Waals surface area (Å²) in [4.78, 5) is 3.56. The largest absolute Gasteiger partial charge is 0.354 e. The SMILES string of the molecule is [B]c1c([B])c([B])c(-c2ccc(-n3c4ccccc4c4cc5c(=C/C)/c(=C\C=C)[nH]c5cc43)cc2)c([B])c1[B]. The van der Waals surface area contributed by atoms with Gasteiger partial charge in [0.25, 0.3) is 0 Å². The van der Waals surface area contributed by atoms with E-state index in [1.165, 1.54) is 21.4 Å². The molecule has 0 fully saturated rings. The van der Waals surface area contributed by atoms with Gasteiger partial charge in [-0.05, 0) is 54.5 Å². The van der Waals surface area contributed by atoms with Crippen molar-refractivity contribution >= 4 is 111 Å². The van der Waals surface area contributed by atoms with E-state index in [0.717, 1.165) is 33.2 Å². The lowest BCUT2D eigenvalue weighted by Gasteiger charge is -2.21. The van der Waals surface area contributed by atoms with Crippen LogP contribution in [0.15, 0.2) is 73.3 Å². The van der Waals surface area contributed by atoms with Gasteiger partial charge in [0, 0.05) is 37.9 Å². The van der Waals surface area contributed by atoms with Crippen LogP contribution in [0.4, 0.5) is 0 Å². The average Bonchev–Trinajstić information content (AvgIpc) is 3.44. The van der Waals surface area contributed by atoms with Crippen LogP contribution in [-0.2, 0) is 0 Å². The Kier molecular flexibility index (Phi) is 5.83. The van der Waals surface area contributed by atoms with Crippen LogP contribution in [0, 0.1) is 0 Å². The normalized spacial score (nSPS) is 12.8. The number of allylic oxidation sites excluding steroid dienone is 1. The molecule has 38 heavy (non-hydrogen) atoms. The number of nitrogens with one attached hydrogen (secondary N) is 1. The van der Waals surface area contributed by atoms with Crippen LogP contribution < -0.4 is 37.9 Å². The molecule has 1 N–H and O–H groups in total. The van der Waals surface area contributed by atoms with Crippen LogP contribution in [0.25, 0.3) is 61.7 Å². The van der Waals surface area contributed by atoms with Gasteiger partial charge in [-0.2, -0.15) is 0 Å². The molecular weight excluding hydrogens is 454 g/mol. The molecule has 10 radical (unpaired) electrons. The molecule has 0 spiro atoms. The van der Waals surface area contributed by atoms with Crippen molar-refractivity contribution in [2.75, 3.05) is 0 Å². The van der Waals surface area contributed by atoms with E-state index in [-0.39, 0.29) is 16.4 Å². The van der Waals surface area contributed by atoms with Gasteiger partial charge in [0.2, 0.25) is 0 Å². The monoisotopic (exact) mass is 474 g/mol. The second kappa shape index (κ2) is 9.09. The Labute approximate surface area is 228 Å². The fourth-order valence-electron chi connectivity index (χ4n) is 5.48. The van der Waals surface area contributed by atoms with Gasteiger partial charge >= 0.3 is 0 Å². The highest BCUT2D eigenvalue weighted by molar-refractivity contribution is 6.68. The van der Waals surface area contributed by atoms with Crippen LogP contribution >= 0.6 is 0 Å². The Morgan fingerprint density at radius 3 is 2.05 bits per heavy atom. The number of benzene rings is 4. The Balaban J connectivity index is 1.61. The smallest absolute Gasteiger partial charge is 0.113 e. The molecule has 6 rings (SSSR count). The third kappa shape index (κ3) is 3.49. The lowest BCUT2D eigenvalue weighted by Crippen LogP contribution is -2.55. The lowest BCUT2D eigenvalue weighted by atomic mass is 9.60. The van der Waals surface area contributed by atoms with Crippen molar-refractivity contribution < 1.29 is 0 Å². The summed E-state index contributed by atoms with van der Waals surface area (Å²) in [5.41, 5.74) is 7.00. The third-order valence-corrected chi connectivity index (χ3v) is 7.35. The number of aromatic nitrogens is 2. The number of nitrogens with zero attached hydrogens (tertiary/aromatic N) is 1. The highest BCUT2D eigenvalue weighted by atomic mass is 15.0. The highest BCUT2D eigenvalue weighted by Gasteiger charge is 2.16.